The largest absolute Gasteiger partial charge is 0.396 e. The van der Waals surface area contributed by atoms with Crippen molar-refractivity contribution in [1.82, 2.24) is 0 Å². The fourth-order valence-electron chi connectivity index (χ4n) is 1.53. The van der Waals surface area contributed by atoms with Crippen molar-refractivity contribution < 1.29 is 25.5 Å². The van der Waals surface area contributed by atoms with Crippen LogP contribution in [-0.2, 0) is 0 Å². The van der Waals surface area contributed by atoms with Crippen molar-refractivity contribution in [2.24, 2.45) is 10.8 Å². The van der Waals surface area contributed by atoms with Gasteiger partial charge in [-0.2, -0.15) is 0 Å². The topological polar surface area (TPSA) is 101 Å². The van der Waals surface area contributed by atoms with Crippen molar-refractivity contribution in [3.8, 4) is 0 Å². The second kappa shape index (κ2) is 7.19. The van der Waals surface area contributed by atoms with E-state index in [1.54, 1.807) is 0 Å². The molecule has 0 radical (unpaired) electrons. The molecule has 5 nitrogen and oxygen atoms in total. The van der Waals surface area contributed by atoms with Crippen LogP contribution in [0.1, 0.15) is 26.2 Å². The van der Waals surface area contributed by atoms with Gasteiger partial charge in [0.05, 0.1) is 33.0 Å². The molecule has 0 atom stereocenters. The number of aliphatic hydroxyl groups is 5. The minimum absolute atomic E-state index is 0.141. The highest BCUT2D eigenvalue weighted by atomic mass is 16.3. The van der Waals surface area contributed by atoms with E-state index >= 15 is 0 Å². The van der Waals surface area contributed by atoms with Crippen LogP contribution in [0.25, 0.3) is 0 Å². The van der Waals surface area contributed by atoms with E-state index in [-0.39, 0.29) is 33.0 Å². The number of hydrogen-bond donors (Lipinski definition) is 5. The summed E-state index contributed by atoms with van der Waals surface area (Å²) in [5.41, 5.74) is -1.52. The summed E-state index contributed by atoms with van der Waals surface area (Å²) in [6, 6.07) is 0. The molecule has 16 heavy (non-hydrogen) atoms. The van der Waals surface area contributed by atoms with Crippen LogP contribution in [0.15, 0.2) is 0 Å². The summed E-state index contributed by atoms with van der Waals surface area (Å²) in [5, 5.41) is 45.9. The third kappa shape index (κ3) is 3.68. The Morgan fingerprint density at radius 1 is 0.625 bits per heavy atom. The second-order valence-electron chi connectivity index (χ2n) is 4.64. The van der Waals surface area contributed by atoms with Gasteiger partial charge in [-0.15, -0.1) is 0 Å². The molecule has 0 aromatic heterocycles. The molecule has 0 saturated heterocycles. The third-order valence-electron chi connectivity index (χ3n) is 3.61. The van der Waals surface area contributed by atoms with E-state index in [1.165, 1.54) is 0 Å². The van der Waals surface area contributed by atoms with Gasteiger partial charge in [-0.25, -0.2) is 0 Å². The minimum Gasteiger partial charge on any atom is -0.396 e. The van der Waals surface area contributed by atoms with Crippen molar-refractivity contribution in [2.75, 3.05) is 33.0 Å². The Kier molecular flexibility index (Phi) is 7.10. The summed E-state index contributed by atoms with van der Waals surface area (Å²) in [6.45, 7) is 0.658. The predicted octanol–water partition coefficient (Wildman–Crippen LogP) is -0.889. The molecular formula is C11H24O5. The summed E-state index contributed by atoms with van der Waals surface area (Å²) in [7, 11) is 0. The molecule has 0 amide bonds. The van der Waals surface area contributed by atoms with Gasteiger partial charge in [-0.05, 0) is 19.3 Å². The van der Waals surface area contributed by atoms with Crippen LogP contribution in [0.3, 0.4) is 0 Å². The molecule has 0 bridgehead atoms. The normalized spacial score (nSPS) is 13.1. The highest BCUT2D eigenvalue weighted by Gasteiger charge is 2.34. The van der Waals surface area contributed by atoms with Crippen molar-refractivity contribution in [2.45, 2.75) is 26.2 Å². The van der Waals surface area contributed by atoms with Gasteiger partial charge in [0.2, 0.25) is 0 Å². The van der Waals surface area contributed by atoms with E-state index in [0.717, 1.165) is 0 Å². The lowest BCUT2D eigenvalue weighted by Gasteiger charge is -2.34. The zero-order chi connectivity index (χ0) is 12.7. The van der Waals surface area contributed by atoms with Gasteiger partial charge >= 0.3 is 0 Å². The van der Waals surface area contributed by atoms with E-state index in [1.807, 2.05) is 6.92 Å². The Morgan fingerprint density at radius 2 is 0.938 bits per heavy atom. The molecule has 0 fully saturated rings. The fraction of sp³-hybridized carbons (Fsp3) is 1.00. The SMILES string of the molecule is CCC(CO)(CO)CCC(CO)(CO)CO. The van der Waals surface area contributed by atoms with Gasteiger partial charge in [0.15, 0.2) is 0 Å². The van der Waals surface area contributed by atoms with Gasteiger partial charge in [-0.3, -0.25) is 0 Å². The van der Waals surface area contributed by atoms with Crippen molar-refractivity contribution in [3.05, 3.63) is 0 Å². The van der Waals surface area contributed by atoms with Crippen LogP contribution in [-0.4, -0.2) is 58.6 Å². The fourth-order valence-corrected chi connectivity index (χ4v) is 1.53. The minimum atomic E-state index is -0.926. The lowest BCUT2D eigenvalue weighted by molar-refractivity contribution is -0.0263. The van der Waals surface area contributed by atoms with Crippen LogP contribution >= 0.6 is 0 Å². The lowest BCUT2D eigenvalue weighted by Crippen LogP contribution is -2.38. The molecular weight excluding hydrogens is 212 g/mol. The van der Waals surface area contributed by atoms with E-state index in [9.17, 15) is 10.2 Å². The van der Waals surface area contributed by atoms with E-state index in [2.05, 4.69) is 0 Å². The highest BCUT2D eigenvalue weighted by molar-refractivity contribution is 4.83. The number of aliphatic hydroxyl groups excluding tert-OH is 5. The first-order chi connectivity index (χ1) is 7.57. The molecule has 0 saturated carbocycles. The van der Waals surface area contributed by atoms with Gasteiger partial charge in [0.1, 0.15) is 0 Å². The smallest absolute Gasteiger partial charge is 0.0531 e. The van der Waals surface area contributed by atoms with Gasteiger partial charge in [-0.1, -0.05) is 6.92 Å². The average molecular weight is 236 g/mol. The maximum absolute atomic E-state index is 9.24. The quantitative estimate of drug-likeness (QED) is 0.357. The standard InChI is InChI=1S/C11H24O5/c1-2-10(5-12,6-13)3-4-11(7-14,8-15)9-16/h12-16H,2-9H2,1H3. The zero-order valence-corrected chi connectivity index (χ0v) is 9.89. The zero-order valence-electron chi connectivity index (χ0n) is 9.89. The van der Waals surface area contributed by atoms with Crippen molar-refractivity contribution in [1.29, 1.82) is 0 Å². The van der Waals surface area contributed by atoms with E-state index in [0.29, 0.717) is 19.3 Å². The molecule has 5 N–H and O–H groups in total. The molecule has 5 heteroatoms. The van der Waals surface area contributed by atoms with Crippen LogP contribution in [0.5, 0.6) is 0 Å². The number of hydrogen-bond acceptors (Lipinski definition) is 5. The van der Waals surface area contributed by atoms with Crippen LogP contribution in [0.4, 0.5) is 0 Å². The first kappa shape index (κ1) is 15.8. The predicted molar refractivity (Wildman–Crippen MR) is 59.8 cm³/mol. The Hall–Kier alpha value is -0.200. The molecule has 0 aromatic carbocycles. The molecule has 0 aromatic rings. The van der Waals surface area contributed by atoms with Gasteiger partial charge in [0.25, 0.3) is 0 Å². The first-order valence-corrected chi connectivity index (χ1v) is 5.62. The molecule has 0 unspecified atom stereocenters. The van der Waals surface area contributed by atoms with Crippen LogP contribution < -0.4 is 0 Å². The second-order valence-corrected chi connectivity index (χ2v) is 4.64. The van der Waals surface area contributed by atoms with Crippen LogP contribution in [0, 0.1) is 10.8 Å². The average Bonchev–Trinajstić information content (AvgIpc) is 2.37. The maximum atomic E-state index is 9.24. The first-order valence-electron chi connectivity index (χ1n) is 5.62. The van der Waals surface area contributed by atoms with E-state index in [4.69, 9.17) is 15.3 Å². The molecule has 0 heterocycles. The molecule has 0 rings (SSSR count). The van der Waals surface area contributed by atoms with Crippen LogP contribution in [0.2, 0.25) is 0 Å². The molecule has 0 aliphatic rings. The Balaban J connectivity index is 4.48. The molecule has 0 aliphatic heterocycles. The Morgan fingerprint density at radius 3 is 1.19 bits per heavy atom. The molecule has 98 valence electrons. The summed E-state index contributed by atoms with van der Waals surface area (Å²) >= 11 is 0. The Labute approximate surface area is 96.4 Å². The third-order valence-corrected chi connectivity index (χ3v) is 3.61. The number of rotatable bonds is 9. The molecule has 0 spiro atoms. The summed E-state index contributed by atoms with van der Waals surface area (Å²) in [4.78, 5) is 0. The van der Waals surface area contributed by atoms with Gasteiger partial charge in [0, 0.05) is 10.8 Å². The maximum Gasteiger partial charge on any atom is 0.0531 e. The van der Waals surface area contributed by atoms with Crippen molar-refractivity contribution in [3.63, 3.8) is 0 Å². The van der Waals surface area contributed by atoms with Gasteiger partial charge < -0.3 is 25.5 Å². The molecule has 0 aliphatic carbocycles. The summed E-state index contributed by atoms with van der Waals surface area (Å²) < 4.78 is 0. The lowest BCUT2D eigenvalue weighted by atomic mass is 9.75. The summed E-state index contributed by atoms with van der Waals surface area (Å²) in [6.07, 6.45) is 1.43. The van der Waals surface area contributed by atoms with E-state index < -0.39 is 10.8 Å². The Bertz CT molecular complexity index is 139. The summed E-state index contributed by atoms with van der Waals surface area (Å²) in [5.74, 6) is 0. The van der Waals surface area contributed by atoms with Crippen molar-refractivity contribution >= 4 is 0 Å². The monoisotopic (exact) mass is 236 g/mol. The highest BCUT2D eigenvalue weighted by Crippen LogP contribution is 2.33.